The first-order valence-corrected chi connectivity index (χ1v) is 7.34. The molecule has 0 saturated heterocycles. The van der Waals surface area contributed by atoms with Gasteiger partial charge in [0.2, 0.25) is 0 Å². The molecule has 2 aromatic heterocycles. The Bertz CT molecular complexity index is 1020. The Balaban J connectivity index is 2.04. The number of nitriles is 1. The number of nitrogens with zero attached hydrogens (tertiary/aromatic N) is 1. The monoisotopic (exact) mass is 335 g/mol. The highest BCUT2D eigenvalue weighted by Crippen LogP contribution is 2.35. The van der Waals surface area contributed by atoms with Crippen LogP contribution in [-0.2, 0) is 0 Å². The molecule has 0 unspecified atom stereocenters. The Hall–Kier alpha value is -2.51. The van der Waals surface area contributed by atoms with E-state index in [1.165, 1.54) is 0 Å². The Morgan fingerprint density at radius 3 is 2.14 bits per heavy atom. The van der Waals surface area contributed by atoms with Crippen LogP contribution in [0.2, 0.25) is 0 Å². The fourth-order valence-corrected chi connectivity index (χ4v) is 3.09. The predicted molar refractivity (Wildman–Crippen MR) is 88.0 cm³/mol. The molecule has 0 aliphatic rings. The van der Waals surface area contributed by atoms with E-state index in [1.807, 2.05) is 36.7 Å². The van der Waals surface area contributed by atoms with E-state index in [-0.39, 0.29) is 0 Å². The molecule has 3 nitrogen and oxygen atoms in total. The molecule has 0 radical (unpaired) electrons. The van der Waals surface area contributed by atoms with Crippen LogP contribution in [0.3, 0.4) is 0 Å². The van der Waals surface area contributed by atoms with Crippen LogP contribution < -0.4 is 0 Å². The van der Waals surface area contributed by atoms with Crippen LogP contribution in [0.25, 0.3) is 32.9 Å². The number of benzene rings is 2. The van der Waals surface area contributed by atoms with Crippen molar-refractivity contribution in [3.05, 3.63) is 58.8 Å². The van der Waals surface area contributed by atoms with Gasteiger partial charge in [-0.15, -0.1) is 0 Å². The van der Waals surface area contributed by atoms with Crippen molar-refractivity contribution in [3.8, 4) is 17.2 Å². The molecule has 2 N–H and O–H groups in total. The molecule has 0 aliphatic heterocycles. The molecular formula is C17H10BrN3. The van der Waals surface area contributed by atoms with Gasteiger partial charge in [-0.1, -0.05) is 15.9 Å². The van der Waals surface area contributed by atoms with Gasteiger partial charge in [-0.05, 0) is 36.4 Å². The summed E-state index contributed by atoms with van der Waals surface area (Å²) < 4.78 is 1.05. The predicted octanol–water partition coefficient (Wildman–Crippen LogP) is 4.95. The first-order chi connectivity index (χ1) is 10.3. The Morgan fingerprint density at radius 2 is 1.48 bits per heavy atom. The van der Waals surface area contributed by atoms with E-state index in [4.69, 9.17) is 5.26 Å². The number of halogens is 1. The molecule has 0 saturated carbocycles. The summed E-state index contributed by atoms with van der Waals surface area (Å²) in [6.07, 6.45) is 4.01. The number of fused-ring (bicyclic) bond motifs is 2. The van der Waals surface area contributed by atoms with Crippen LogP contribution in [-0.4, -0.2) is 9.97 Å². The zero-order valence-corrected chi connectivity index (χ0v) is 12.5. The third-order valence-electron chi connectivity index (χ3n) is 3.74. The highest BCUT2D eigenvalue weighted by atomic mass is 79.9. The van der Waals surface area contributed by atoms with Crippen molar-refractivity contribution in [1.29, 1.82) is 5.26 Å². The van der Waals surface area contributed by atoms with Gasteiger partial charge in [-0.2, -0.15) is 5.26 Å². The molecule has 100 valence electrons. The Kier molecular flexibility index (Phi) is 2.63. The lowest BCUT2D eigenvalue weighted by molar-refractivity contribution is 1.46. The van der Waals surface area contributed by atoms with Crippen molar-refractivity contribution in [2.75, 3.05) is 0 Å². The van der Waals surface area contributed by atoms with Crippen LogP contribution in [0.4, 0.5) is 0 Å². The molecular weight excluding hydrogens is 326 g/mol. The van der Waals surface area contributed by atoms with Gasteiger partial charge >= 0.3 is 0 Å². The van der Waals surface area contributed by atoms with E-state index < -0.39 is 0 Å². The van der Waals surface area contributed by atoms with E-state index in [9.17, 15) is 0 Å². The summed E-state index contributed by atoms with van der Waals surface area (Å²) >= 11 is 3.52. The second kappa shape index (κ2) is 4.51. The van der Waals surface area contributed by atoms with Crippen LogP contribution in [0, 0.1) is 11.3 Å². The molecule has 0 aliphatic carbocycles. The summed E-state index contributed by atoms with van der Waals surface area (Å²) in [6, 6.07) is 14.1. The van der Waals surface area contributed by atoms with Gasteiger partial charge in [0, 0.05) is 49.8 Å². The van der Waals surface area contributed by atoms with Crippen molar-refractivity contribution in [3.63, 3.8) is 0 Å². The maximum Gasteiger partial charge on any atom is 0.0991 e. The zero-order valence-electron chi connectivity index (χ0n) is 10.9. The first-order valence-electron chi connectivity index (χ1n) is 6.54. The standard InChI is InChI=1S/C17H10BrN3/c18-11-2-4-17-13(6-11)15(9-21-17)14-8-20-16-3-1-10(7-19)5-12(14)16/h1-6,8-9,20-21H. The molecule has 0 fully saturated rings. The van der Waals surface area contributed by atoms with Crippen LogP contribution in [0.1, 0.15) is 5.56 Å². The number of rotatable bonds is 1. The van der Waals surface area contributed by atoms with Crippen molar-refractivity contribution >= 4 is 37.7 Å². The molecule has 4 aromatic rings. The van der Waals surface area contributed by atoms with Gasteiger partial charge in [0.15, 0.2) is 0 Å². The van der Waals surface area contributed by atoms with Crippen molar-refractivity contribution < 1.29 is 0 Å². The number of H-pyrrole nitrogens is 2. The van der Waals surface area contributed by atoms with E-state index in [1.54, 1.807) is 0 Å². The molecule has 0 bridgehead atoms. The Morgan fingerprint density at radius 1 is 0.857 bits per heavy atom. The zero-order chi connectivity index (χ0) is 14.4. The summed E-state index contributed by atoms with van der Waals surface area (Å²) in [5.74, 6) is 0. The third kappa shape index (κ3) is 1.86. The number of nitrogens with one attached hydrogen (secondary N) is 2. The molecule has 0 spiro atoms. The smallest absolute Gasteiger partial charge is 0.0991 e. The third-order valence-corrected chi connectivity index (χ3v) is 4.24. The van der Waals surface area contributed by atoms with E-state index in [2.05, 4.69) is 44.1 Å². The van der Waals surface area contributed by atoms with Crippen molar-refractivity contribution in [1.82, 2.24) is 9.97 Å². The summed E-state index contributed by atoms with van der Waals surface area (Å²) in [5, 5.41) is 11.3. The second-order valence-electron chi connectivity index (χ2n) is 4.97. The summed E-state index contributed by atoms with van der Waals surface area (Å²) in [7, 11) is 0. The minimum atomic E-state index is 0.671. The highest BCUT2D eigenvalue weighted by molar-refractivity contribution is 9.10. The second-order valence-corrected chi connectivity index (χ2v) is 5.88. The lowest BCUT2D eigenvalue weighted by Gasteiger charge is -1.99. The maximum atomic E-state index is 9.09. The minimum absolute atomic E-state index is 0.671. The maximum absolute atomic E-state index is 9.09. The molecule has 2 heterocycles. The first kappa shape index (κ1) is 12.2. The van der Waals surface area contributed by atoms with E-state index in [0.717, 1.165) is 37.4 Å². The highest BCUT2D eigenvalue weighted by Gasteiger charge is 2.11. The van der Waals surface area contributed by atoms with Crippen LogP contribution in [0.5, 0.6) is 0 Å². The lowest BCUT2D eigenvalue weighted by Crippen LogP contribution is -1.76. The quantitative estimate of drug-likeness (QED) is 0.508. The van der Waals surface area contributed by atoms with Crippen LogP contribution in [0.15, 0.2) is 53.3 Å². The minimum Gasteiger partial charge on any atom is -0.361 e. The normalized spacial score (nSPS) is 11.0. The molecule has 0 amide bonds. The van der Waals surface area contributed by atoms with Gasteiger partial charge in [-0.25, -0.2) is 0 Å². The Labute approximate surface area is 129 Å². The molecule has 4 heteroatoms. The number of hydrogen-bond donors (Lipinski definition) is 2. The molecule has 0 atom stereocenters. The van der Waals surface area contributed by atoms with E-state index in [0.29, 0.717) is 5.56 Å². The number of hydrogen-bond acceptors (Lipinski definition) is 1. The SMILES string of the molecule is N#Cc1ccc2[nH]cc(-c3c[nH]c4ccc(Br)cc34)c2c1. The van der Waals surface area contributed by atoms with Gasteiger partial charge in [0.1, 0.15) is 0 Å². The van der Waals surface area contributed by atoms with Gasteiger partial charge in [0.25, 0.3) is 0 Å². The lowest BCUT2D eigenvalue weighted by atomic mass is 10.0. The number of aromatic amines is 2. The largest absolute Gasteiger partial charge is 0.361 e. The topological polar surface area (TPSA) is 55.4 Å². The fraction of sp³-hybridized carbons (Fsp3) is 0. The van der Waals surface area contributed by atoms with E-state index >= 15 is 0 Å². The molecule has 21 heavy (non-hydrogen) atoms. The number of aromatic nitrogens is 2. The average Bonchev–Trinajstić information content (AvgIpc) is 3.09. The molecule has 4 rings (SSSR count). The van der Waals surface area contributed by atoms with Gasteiger partial charge < -0.3 is 9.97 Å². The summed E-state index contributed by atoms with van der Waals surface area (Å²) in [4.78, 5) is 6.57. The van der Waals surface area contributed by atoms with Gasteiger partial charge in [-0.3, -0.25) is 0 Å². The van der Waals surface area contributed by atoms with Crippen molar-refractivity contribution in [2.45, 2.75) is 0 Å². The average molecular weight is 336 g/mol. The summed E-state index contributed by atoms with van der Waals surface area (Å²) in [6.45, 7) is 0. The van der Waals surface area contributed by atoms with Crippen molar-refractivity contribution in [2.24, 2.45) is 0 Å². The van der Waals surface area contributed by atoms with Crippen LogP contribution >= 0.6 is 15.9 Å². The molecule has 2 aromatic carbocycles. The summed E-state index contributed by atoms with van der Waals surface area (Å²) in [5.41, 5.74) is 5.04. The van der Waals surface area contributed by atoms with Gasteiger partial charge in [0.05, 0.1) is 11.6 Å². The fourth-order valence-electron chi connectivity index (χ4n) is 2.73.